The summed E-state index contributed by atoms with van der Waals surface area (Å²) >= 11 is 0. The highest BCUT2D eigenvalue weighted by atomic mass is 16.6. The van der Waals surface area contributed by atoms with Crippen LogP contribution >= 0.6 is 0 Å². The predicted molar refractivity (Wildman–Crippen MR) is 87.7 cm³/mol. The summed E-state index contributed by atoms with van der Waals surface area (Å²) in [6.07, 6.45) is 0. The van der Waals surface area contributed by atoms with Crippen LogP contribution in [-0.4, -0.2) is 16.0 Å². The number of nitrogens with one attached hydrogen (secondary N) is 1. The summed E-state index contributed by atoms with van der Waals surface area (Å²) in [6, 6.07) is 14.9. The van der Waals surface area contributed by atoms with Gasteiger partial charge in [-0.05, 0) is 13.0 Å². The molecule has 0 saturated heterocycles. The van der Waals surface area contributed by atoms with Crippen molar-refractivity contribution < 1.29 is 14.2 Å². The molecule has 7 heteroatoms. The molecule has 0 spiro atoms. The minimum atomic E-state index is -0.518. The molecule has 3 aromatic rings. The molecule has 120 valence electrons. The van der Waals surface area contributed by atoms with Crippen molar-refractivity contribution in [1.29, 1.82) is 0 Å². The Morgan fingerprint density at radius 1 is 1.17 bits per heavy atom. The van der Waals surface area contributed by atoms with Crippen LogP contribution in [0.3, 0.4) is 0 Å². The van der Waals surface area contributed by atoms with Crippen molar-refractivity contribution in [3.05, 3.63) is 76.0 Å². The molecule has 3 rings (SSSR count). The Morgan fingerprint density at radius 2 is 1.92 bits per heavy atom. The van der Waals surface area contributed by atoms with E-state index in [2.05, 4.69) is 10.5 Å². The van der Waals surface area contributed by atoms with Gasteiger partial charge in [0.25, 0.3) is 11.6 Å². The van der Waals surface area contributed by atoms with Crippen molar-refractivity contribution in [3.8, 4) is 11.3 Å². The lowest BCUT2D eigenvalue weighted by molar-refractivity contribution is -0.384. The highest BCUT2D eigenvalue weighted by Crippen LogP contribution is 2.26. The monoisotopic (exact) mass is 323 g/mol. The zero-order chi connectivity index (χ0) is 17.1. The van der Waals surface area contributed by atoms with Crippen LogP contribution < -0.4 is 5.32 Å². The summed E-state index contributed by atoms with van der Waals surface area (Å²) in [5, 5.41) is 17.4. The number of aromatic nitrogens is 1. The number of aryl methyl sites for hydroxylation is 1. The molecule has 0 aliphatic carbocycles. The van der Waals surface area contributed by atoms with Crippen LogP contribution in [0.25, 0.3) is 11.3 Å². The Morgan fingerprint density at radius 3 is 2.62 bits per heavy atom. The van der Waals surface area contributed by atoms with E-state index in [1.165, 1.54) is 18.2 Å². The van der Waals surface area contributed by atoms with E-state index < -0.39 is 10.8 Å². The minimum Gasteiger partial charge on any atom is -0.360 e. The quantitative estimate of drug-likeness (QED) is 0.581. The molecule has 0 aliphatic rings. The lowest BCUT2D eigenvalue weighted by atomic mass is 10.1. The fourth-order valence-corrected chi connectivity index (χ4v) is 2.32. The summed E-state index contributed by atoms with van der Waals surface area (Å²) < 4.78 is 5.15. The third-order valence-corrected chi connectivity index (χ3v) is 3.45. The standard InChI is InChI=1S/C17H13N3O4/c1-11-15(16(19-24-11)12-6-3-2-4-7-12)17(21)18-13-8-5-9-14(10-13)20(22)23/h2-10H,1H3,(H,18,21). The van der Waals surface area contributed by atoms with E-state index in [0.717, 1.165) is 5.56 Å². The van der Waals surface area contributed by atoms with Crippen LogP contribution in [0.4, 0.5) is 11.4 Å². The van der Waals surface area contributed by atoms with E-state index in [-0.39, 0.29) is 5.69 Å². The maximum Gasteiger partial charge on any atom is 0.271 e. The molecule has 0 unspecified atom stereocenters. The number of nitrogens with zero attached hydrogens (tertiary/aromatic N) is 2. The number of hydrogen-bond acceptors (Lipinski definition) is 5. The number of nitro groups is 1. The average Bonchev–Trinajstić information content (AvgIpc) is 2.97. The molecule has 0 atom stereocenters. The van der Waals surface area contributed by atoms with Gasteiger partial charge in [0.15, 0.2) is 0 Å². The van der Waals surface area contributed by atoms with Gasteiger partial charge in [-0.25, -0.2) is 0 Å². The molecule has 1 amide bonds. The molecular formula is C17H13N3O4. The molecule has 1 heterocycles. The number of amides is 1. The SMILES string of the molecule is Cc1onc(-c2ccccc2)c1C(=O)Nc1cccc([N+](=O)[O-])c1. The van der Waals surface area contributed by atoms with Crippen molar-refractivity contribution in [2.24, 2.45) is 0 Å². The molecule has 24 heavy (non-hydrogen) atoms. The van der Waals surface area contributed by atoms with Crippen molar-refractivity contribution in [2.45, 2.75) is 6.92 Å². The Bertz CT molecular complexity index is 903. The second-order valence-electron chi connectivity index (χ2n) is 5.09. The van der Waals surface area contributed by atoms with Crippen LogP contribution in [0.2, 0.25) is 0 Å². The first-order valence-electron chi connectivity index (χ1n) is 7.14. The van der Waals surface area contributed by atoms with Gasteiger partial charge >= 0.3 is 0 Å². The zero-order valence-electron chi connectivity index (χ0n) is 12.7. The number of anilines is 1. The van der Waals surface area contributed by atoms with Gasteiger partial charge in [0, 0.05) is 23.4 Å². The molecule has 0 saturated carbocycles. The van der Waals surface area contributed by atoms with E-state index in [9.17, 15) is 14.9 Å². The highest BCUT2D eigenvalue weighted by molar-refractivity contribution is 6.08. The van der Waals surface area contributed by atoms with E-state index in [1.54, 1.807) is 13.0 Å². The molecule has 0 fully saturated rings. The lowest BCUT2D eigenvalue weighted by Crippen LogP contribution is -2.13. The summed E-state index contributed by atoms with van der Waals surface area (Å²) in [4.78, 5) is 22.9. The molecule has 0 bridgehead atoms. The van der Waals surface area contributed by atoms with Gasteiger partial charge in [-0.1, -0.05) is 41.6 Å². The fourth-order valence-electron chi connectivity index (χ4n) is 2.32. The Hall–Kier alpha value is -3.48. The van der Waals surface area contributed by atoms with Crippen molar-refractivity contribution in [3.63, 3.8) is 0 Å². The topological polar surface area (TPSA) is 98.3 Å². The molecule has 1 aromatic heterocycles. The normalized spacial score (nSPS) is 10.4. The second kappa shape index (κ2) is 6.33. The number of hydrogen-bond donors (Lipinski definition) is 1. The van der Waals surface area contributed by atoms with Gasteiger partial charge in [-0.2, -0.15) is 0 Å². The van der Waals surface area contributed by atoms with Gasteiger partial charge < -0.3 is 9.84 Å². The van der Waals surface area contributed by atoms with E-state index in [0.29, 0.717) is 22.7 Å². The van der Waals surface area contributed by atoms with E-state index >= 15 is 0 Å². The van der Waals surface area contributed by atoms with Crippen molar-refractivity contribution in [2.75, 3.05) is 5.32 Å². The molecule has 0 radical (unpaired) electrons. The lowest BCUT2D eigenvalue weighted by Gasteiger charge is -2.05. The van der Waals surface area contributed by atoms with Crippen LogP contribution in [0.1, 0.15) is 16.1 Å². The molecule has 7 nitrogen and oxygen atoms in total. The van der Waals surface area contributed by atoms with Gasteiger partial charge in [0.05, 0.1) is 4.92 Å². The summed E-state index contributed by atoms with van der Waals surface area (Å²) in [5.41, 5.74) is 1.70. The summed E-state index contributed by atoms with van der Waals surface area (Å²) in [7, 11) is 0. The smallest absolute Gasteiger partial charge is 0.271 e. The predicted octanol–water partition coefficient (Wildman–Crippen LogP) is 3.81. The fraction of sp³-hybridized carbons (Fsp3) is 0.0588. The maximum atomic E-state index is 12.6. The maximum absolute atomic E-state index is 12.6. The van der Waals surface area contributed by atoms with Crippen molar-refractivity contribution in [1.82, 2.24) is 5.16 Å². The van der Waals surface area contributed by atoms with Crippen LogP contribution in [0.15, 0.2) is 59.1 Å². The molecular weight excluding hydrogens is 310 g/mol. The number of carbonyl (C=O) groups excluding carboxylic acids is 1. The van der Waals surface area contributed by atoms with E-state index in [1.807, 2.05) is 30.3 Å². The number of nitro benzene ring substituents is 1. The molecule has 1 N–H and O–H groups in total. The Kier molecular flexibility index (Phi) is 4.07. The van der Waals surface area contributed by atoms with Crippen LogP contribution in [0.5, 0.6) is 0 Å². The second-order valence-corrected chi connectivity index (χ2v) is 5.09. The minimum absolute atomic E-state index is 0.0990. The van der Waals surface area contributed by atoms with Crippen LogP contribution in [0, 0.1) is 17.0 Å². The van der Waals surface area contributed by atoms with E-state index in [4.69, 9.17) is 4.52 Å². The number of carbonyl (C=O) groups is 1. The third-order valence-electron chi connectivity index (χ3n) is 3.45. The van der Waals surface area contributed by atoms with Gasteiger partial charge in [0.1, 0.15) is 17.0 Å². The molecule has 2 aromatic carbocycles. The third kappa shape index (κ3) is 3.00. The number of non-ortho nitro benzene ring substituents is 1. The largest absolute Gasteiger partial charge is 0.360 e. The summed E-state index contributed by atoms with van der Waals surface area (Å²) in [5.74, 6) is -0.0649. The highest BCUT2D eigenvalue weighted by Gasteiger charge is 2.22. The first-order valence-corrected chi connectivity index (χ1v) is 7.14. The Balaban J connectivity index is 1.93. The molecule has 0 aliphatic heterocycles. The summed E-state index contributed by atoms with van der Waals surface area (Å²) in [6.45, 7) is 1.64. The van der Waals surface area contributed by atoms with Gasteiger partial charge in [-0.15, -0.1) is 0 Å². The first kappa shape index (κ1) is 15.4. The van der Waals surface area contributed by atoms with Gasteiger partial charge in [0.2, 0.25) is 0 Å². The van der Waals surface area contributed by atoms with Crippen LogP contribution in [-0.2, 0) is 0 Å². The van der Waals surface area contributed by atoms with Gasteiger partial charge in [-0.3, -0.25) is 14.9 Å². The average molecular weight is 323 g/mol. The zero-order valence-corrected chi connectivity index (χ0v) is 12.7. The van der Waals surface area contributed by atoms with Crippen molar-refractivity contribution >= 4 is 17.3 Å². The first-order chi connectivity index (χ1) is 11.6. The Labute approximate surface area is 137 Å². The number of rotatable bonds is 4. The number of benzene rings is 2.